The molecule has 9 heteroatoms. The Morgan fingerprint density at radius 3 is 2.26 bits per heavy atom. The summed E-state index contributed by atoms with van der Waals surface area (Å²) < 4.78 is 28.7. The fraction of sp³-hybridized carbons (Fsp3) is 0.310. The largest absolute Gasteiger partial charge is 0.354 e. The summed E-state index contributed by atoms with van der Waals surface area (Å²) in [4.78, 5) is 28.2. The van der Waals surface area contributed by atoms with E-state index in [2.05, 4.69) is 5.32 Å². The quantitative estimate of drug-likeness (QED) is 0.357. The predicted octanol–water partition coefficient (Wildman–Crippen LogP) is 5.10. The molecule has 7 nitrogen and oxygen atoms in total. The number of hydrogen-bond acceptors (Lipinski definition) is 4. The molecule has 1 atom stereocenters. The number of hydrogen-bond donors (Lipinski definition) is 1. The predicted molar refractivity (Wildman–Crippen MR) is 152 cm³/mol. The van der Waals surface area contributed by atoms with E-state index in [4.69, 9.17) is 11.6 Å². The van der Waals surface area contributed by atoms with Crippen LogP contribution in [0.1, 0.15) is 37.0 Å². The third-order valence-corrected chi connectivity index (χ3v) is 8.25. The number of carbonyl (C=O) groups excluding carboxylic acids is 2. The Bertz CT molecular complexity index is 1380. The summed E-state index contributed by atoms with van der Waals surface area (Å²) in [7, 11) is -4.16. The van der Waals surface area contributed by atoms with E-state index in [9.17, 15) is 18.0 Å². The zero-order valence-electron chi connectivity index (χ0n) is 22.1. The van der Waals surface area contributed by atoms with Crippen LogP contribution < -0.4 is 9.62 Å². The molecule has 3 rings (SSSR count). The SMILES string of the molecule is CCCNC(=O)C(C)N(Cc1cccc(C)c1)C(=O)CN(c1ccccc1Cl)S(=O)(=O)c1ccc(C)cc1. The summed E-state index contributed by atoms with van der Waals surface area (Å²) in [5, 5.41) is 3.02. The van der Waals surface area contributed by atoms with E-state index >= 15 is 0 Å². The molecule has 0 aliphatic heterocycles. The van der Waals surface area contributed by atoms with Crippen LogP contribution in [0.3, 0.4) is 0 Å². The summed E-state index contributed by atoms with van der Waals surface area (Å²) in [6.07, 6.45) is 0.749. The number of rotatable bonds is 11. The van der Waals surface area contributed by atoms with Gasteiger partial charge < -0.3 is 10.2 Å². The number of carbonyl (C=O) groups is 2. The molecule has 0 fully saturated rings. The van der Waals surface area contributed by atoms with E-state index in [1.807, 2.05) is 45.0 Å². The van der Waals surface area contributed by atoms with Crippen molar-refractivity contribution in [3.05, 3.63) is 94.5 Å². The Balaban J connectivity index is 2.03. The Labute approximate surface area is 230 Å². The van der Waals surface area contributed by atoms with Crippen molar-refractivity contribution >= 4 is 39.1 Å². The second kappa shape index (κ2) is 12.9. The molecular formula is C29H34ClN3O4S. The van der Waals surface area contributed by atoms with Gasteiger partial charge in [-0.15, -0.1) is 0 Å². The molecule has 0 aliphatic carbocycles. The van der Waals surface area contributed by atoms with Crippen LogP contribution in [0.5, 0.6) is 0 Å². The van der Waals surface area contributed by atoms with Crippen LogP contribution in [-0.2, 0) is 26.2 Å². The van der Waals surface area contributed by atoms with Crippen LogP contribution in [0.25, 0.3) is 0 Å². The van der Waals surface area contributed by atoms with Crippen molar-refractivity contribution in [2.45, 2.75) is 51.6 Å². The summed E-state index contributed by atoms with van der Waals surface area (Å²) >= 11 is 6.42. The van der Waals surface area contributed by atoms with Gasteiger partial charge in [0.25, 0.3) is 10.0 Å². The lowest BCUT2D eigenvalue weighted by molar-refractivity contribution is -0.139. The van der Waals surface area contributed by atoms with Gasteiger partial charge in [0.1, 0.15) is 12.6 Å². The van der Waals surface area contributed by atoms with Crippen LogP contribution in [0.2, 0.25) is 5.02 Å². The smallest absolute Gasteiger partial charge is 0.264 e. The second-order valence-electron chi connectivity index (χ2n) is 9.25. The van der Waals surface area contributed by atoms with Crippen molar-refractivity contribution in [2.24, 2.45) is 0 Å². The van der Waals surface area contributed by atoms with Crippen molar-refractivity contribution in [3.63, 3.8) is 0 Å². The maximum Gasteiger partial charge on any atom is 0.264 e. The first-order valence-corrected chi connectivity index (χ1v) is 14.3. The molecule has 0 radical (unpaired) electrons. The highest BCUT2D eigenvalue weighted by molar-refractivity contribution is 7.92. The third kappa shape index (κ3) is 7.14. The molecule has 3 aromatic rings. The lowest BCUT2D eigenvalue weighted by Crippen LogP contribution is -2.51. The minimum atomic E-state index is -4.16. The van der Waals surface area contributed by atoms with Crippen molar-refractivity contribution in [3.8, 4) is 0 Å². The number of amides is 2. The zero-order chi connectivity index (χ0) is 27.9. The van der Waals surface area contributed by atoms with Crippen molar-refractivity contribution in [1.29, 1.82) is 0 Å². The zero-order valence-corrected chi connectivity index (χ0v) is 23.7. The molecule has 0 aliphatic rings. The highest BCUT2D eigenvalue weighted by Gasteiger charge is 2.33. The van der Waals surface area contributed by atoms with E-state index in [1.165, 1.54) is 17.0 Å². The first kappa shape index (κ1) is 29.2. The lowest BCUT2D eigenvalue weighted by atomic mass is 10.1. The topological polar surface area (TPSA) is 86.8 Å². The fourth-order valence-electron chi connectivity index (χ4n) is 3.99. The van der Waals surface area contributed by atoms with Gasteiger partial charge in [0.2, 0.25) is 11.8 Å². The van der Waals surface area contributed by atoms with Gasteiger partial charge in [0.15, 0.2) is 0 Å². The van der Waals surface area contributed by atoms with E-state index in [1.54, 1.807) is 43.3 Å². The first-order valence-electron chi connectivity index (χ1n) is 12.5. The summed E-state index contributed by atoms with van der Waals surface area (Å²) in [5.41, 5.74) is 2.93. The van der Waals surface area contributed by atoms with Crippen LogP contribution in [0, 0.1) is 13.8 Å². The fourth-order valence-corrected chi connectivity index (χ4v) is 5.71. The number of aryl methyl sites for hydroxylation is 2. The molecule has 38 heavy (non-hydrogen) atoms. The van der Waals surface area contributed by atoms with Crippen molar-refractivity contribution in [1.82, 2.24) is 10.2 Å². The van der Waals surface area contributed by atoms with Crippen molar-refractivity contribution < 1.29 is 18.0 Å². The Hall–Kier alpha value is -3.36. The molecule has 0 saturated carbocycles. The number of anilines is 1. The van der Waals surface area contributed by atoms with Crippen LogP contribution in [0.15, 0.2) is 77.7 Å². The molecule has 202 valence electrons. The minimum Gasteiger partial charge on any atom is -0.354 e. The van der Waals surface area contributed by atoms with E-state index < -0.39 is 28.5 Å². The van der Waals surface area contributed by atoms with Gasteiger partial charge in [0, 0.05) is 13.1 Å². The maximum atomic E-state index is 13.9. The van der Waals surface area contributed by atoms with Crippen LogP contribution in [0.4, 0.5) is 5.69 Å². The highest BCUT2D eigenvalue weighted by Crippen LogP contribution is 2.31. The molecular weight excluding hydrogens is 522 g/mol. The third-order valence-electron chi connectivity index (χ3n) is 6.16. The molecule has 3 aromatic carbocycles. The maximum absolute atomic E-state index is 13.9. The highest BCUT2D eigenvalue weighted by atomic mass is 35.5. The molecule has 0 saturated heterocycles. The first-order chi connectivity index (χ1) is 18.0. The van der Waals surface area contributed by atoms with Crippen molar-refractivity contribution in [2.75, 3.05) is 17.4 Å². The van der Waals surface area contributed by atoms with Gasteiger partial charge in [-0.3, -0.25) is 13.9 Å². The minimum absolute atomic E-state index is 0.0368. The summed E-state index contributed by atoms with van der Waals surface area (Å²) in [6, 6.07) is 19.7. The molecule has 0 spiro atoms. The Morgan fingerprint density at radius 2 is 1.63 bits per heavy atom. The lowest BCUT2D eigenvalue weighted by Gasteiger charge is -2.32. The van der Waals surface area contributed by atoms with Crippen LogP contribution in [-0.4, -0.2) is 44.3 Å². The molecule has 0 bridgehead atoms. The van der Waals surface area contributed by atoms with E-state index in [-0.39, 0.29) is 28.1 Å². The summed E-state index contributed by atoms with van der Waals surface area (Å²) in [5.74, 6) is -0.834. The average Bonchev–Trinajstić information content (AvgIpc) is 2.89. The monoisotopic (exact) mass is 555 g/mol. The number of benzene rings is 3. The van der Waals surface area contributed by atoms with Crippen LogP contribution >= 0.6 is 11.6 Å². The Morgan fingerprint density at radius 1 is 0.947 bits per heavy atom. The number of sulfonamides is 1. The molecule has 0 heterocycles. The van der Waals surface area contributed by atoms with Gasteiger partial charge in [-0.1, -0.05) is 78.2 Å². The normalized spacial score (nSPS) is 12.0. The average molecular weight is 556 g/mol. The molecule has 0 aromatic heterocycles. The van der Waals surface area contributed by atoms with E-state index in [0.29, 0.717) is 6.54 Å². The van der Waals surface area contributed by atoms with E-state index in [0.717, 1.165) is 27.4 Å². The number of nitrogens with zero attached hydrogens (tertiary/aromatic N) is 2. The number of nitrogens with one attached hydrogen (secondary N) is 1. The number of para-hydroxylation sites is 1. The molecule has 2 amide bonds. The van der Waals surface area contributed by atoms with Gasteiger partial charge in [-0.2, -0.15) is 0 Å². The van der Waals surface area contributed by atoms with Gasteiger partial charge in [-0.05, 0) is 57.0 Å². The second-order valence-corrected chi connectivity index (χ2v) is 11.5. The Kier molecular flexibility index (Phi) is 9.94. The number of halogens is 1. The molecule has 1 unspecified atom stereocenters. The summed E-state index contributed by atoms with van der Waals surface area (Å²) in [6.45, 7) is 7.48. The standard InChI is InChI=1S/C29H34ClN3O4S/c1-5-17-31-29(35)23(4)32(19-24-10-8-9-22(3)18-24)28(34)20-33(27-12-7-6-11-26(27)30)38(36,37)25-15-13-21(2)14-16-25/h6-16,18,23H,5,17,19-20H2,1-4H3,(H,31,35). The van der Waals surface area contributed by atoms with Gasteiger partial charge in [0.05, 0.1) is 15.6 Å². The van der Waals surface area contributed by atoms with Gasteiger partial charge >= 0.3 is 0 Å². The molecule has 1 N–H and O–H groups in total. The van der Waals surface area contributed by atoms with Gasteiger partial charge in [-0.25, -0.2) is 8.42 Å².